The first-order chi connectivity index (χ1) is 11.0. The van der Waals surface area contributed by atoms with E-state index < -0.39 is 0 Å². The SMILES string of the molecule is Cc1ccc(N=C2NC(=O)/C(=C/c3ccc(O)cc3)S2)cc1C. The summed E-state index contributed by atoms with van der Waals surface area (Å²) < 4.78 is 0. The number of hydrogen-bond donors (Lipinski definition) is 2. The number of phenolic OH excluding ortho intramolecular Hbond substituents is 1. The van der Waals surface area contributed by atoms with Crippen LogP contribution in [0.1, 0.15) is 16.7 Å². The molecule has 2 aromatic rings. The summed E-state index contributed by atoms with van der Waals surface area (Å²) >= 11 is 1.31. The second-order valence-electron chi connectivity index (χ2n) is 5.34. The molecule has 0 bridgehead atoms. The summed E-state index contributed by atoms with van der Waals surface area (Å²) in [6.45, 7) is 4.09. The fourth-order valence-corrected chi connectivity index (χ4v) is 2.96. The van der Waals surface area contributed by atoms with Crippen LogP contribution in [-0.4, -0.2) is 16.2 Å². The van der Waals surface area contributed by atoms with Gasteiger partial charge in [-0.05, 0) is 72.6 Å². The molecule has 1 heterocycles. The van der Waals surface area contributed by atoms with Crippen molar-refractivity contribution in [3.8, 4) is 5.75 Å². The van der Waals surface area contributed by atoms with Gasteiger partial charge in [-0.3, -0.25) is 4.79 Å². The van der Waals surface area contributed by atoms with E-state index in [0.29, 0.717) is 10.1 Å². The average Bonchev–Trinajstić information content (AvgIpc) is 2.85. The second-order valence-corrected chi connectivity index (χ2v) is 6.37. The van der Waals surface area contributed by atoms with E-state index in [1.54, 1.807) is 30.3 Å². The van der Waals surface area contributed by atoms with Gasteiger partial charge < -0.3 is 10.4 Å². The highest BCUT2D eigenvalue weighted by molar-refractivity contribution is 8.18. The number of nitrogens with one attached hydrogen (secondary N) is 1. The summed E-state index contributed by atoms with van der Waals surface area (Å²) in [5.41, 5.74) is 4.06. The number of amidine groups is 1. The van der Waals surface area contributed by atoms with Gasteiger partial charge in [0, 0.05) is 0 Å². The van der Waals surface area contributed by atoms with E-state index in [9.17, 15) is 9.90 Å². The van der Waals surface area contributed by atoms with Crippen LogP contribution in [0.5, 0.6) is 5.75 Å². The van der Waals surface area contributed by atoms with Crippen molar-refractivity contribution in [1.29, 1.82) is 0 Å². The van der Waals surface area contributed by atoms with E-state index in [-0.39, 0.29) is 11.7 Å². The summed E-state index contributed by atoms with van der Waals surface area (Å²) in [6.07, 6.45) is 1.78. The highest BCUT2D eigenvalue weighted by atomic mass is 32.2. The smallest absolute Gasteiger partial charge is 0.264 e. The van der Waals surface area contributed by atoms with Crippen LogP contribution >= 0.6 is 11.8 Å². The standard InChI is InChI=1S/C18H16N2O2S/c1-11-3-6-14(9-12(11)2)19-18-20-17(22)16(23-18)10-13-4-7-15(21)8-5-13/h3-10,21H,1-2H3,(H,19,20,22)/b16-10-. The Balaban J connectivity index is 1.82. The lowest BCUT2D eigenvalue weighted by Crippen LogP contribution is -2.19. The van der Waals surface area contributed by atoms with Crippen LogP contribution in [0.4, 0.5) is 5.69 Å². The van der Waals surface area contributed by atoms with Gasteiger partial charge in [-0.15, -0.1) is 0 Å². The monoisotopic (exact) mass is 324 g/mol. The van der Waals surface area contributed by atoms with Crippen molar-refractivity contribution < 1.29 is 9.90 Å². The van der Waals surface area contributed by atoms with Gasteiger partial charge in [0.15, 0.2) is 5.17 Å². The first-order valence-corrected chi connectivity index (χ1v) is 7.99. The third-order valence-corrected chi connectivity index (χ3v) is 4.47. The van der Waals surface area contributed by atoms with E-state index in [1.165, 1.54) is 22.9 Å². The molecule has 2 aromatic carbocycles. The molecule has 2 N–H and O–H groups in total. The quantitative estimate of drug-likeness (QED) is 0.824. The number of hydrogen-bond acceptors (Lipinski definition) is 4. The van der Waals surface area contributed by atoms with Gasteiger partial charge in [-0.25, -0.2) is 4.99 Å². The fraction of sp³-hybridized carbons (Fsp3) is 0.111. The molecule has 0 aromatic heterocycles. The Morgan fingerprint density at radius 3 is 2.52 bits per heavy atom. The van der Waals surface area contributed by atoms with Gasteiger partial charge >= 0.3 is 0 Å². The third kappa shape index (κ3) is 3.63. The summed E-state index contributed by atoms with van der Waals surface area (Å²) in [7, 11) is 0. The molecule has 1 aliphatic rings. The largest absolute Gasteiger partial charge is 0.508 e. The molecule has 1 saturated heterocycles. The van der Waals surface area contributed by atoms with Crippen LogP contribution in [-0.2, 0) is 4.79 Å². The summed E-state index contributed by atoms with van der Waals surface area (Å²) in [4.78, 5) is 17.1. The molecular weight excluding hydrogens is 308 g/mol. The molecule has 1 fully saturated rings. The lowest BCUT2D eigenvalue weighted by molar-refractivity contribution is -0.115. The zero-order valence-electron chi connectivity index (χ0n) is 12.8. The lowest BCUT2D eigenvalue weighted by atomic mass is 10.1. The Hall–Kier alpha value is -2.53. The number of amides is 1. The molecule has 0 spiro atoms. The minimum atomic E-state index is -0.161. The molecule has 0 radical (unpaired) electrons. The topological polar surface area (TPSA) is 61.7 Å². The van der Waals surface area contributed by atoms with Crippen LogP contribution in [0, 0.1) is 13.8 Å². The molecule has 0 saturated carbocycles. The number of aryl methyl sites for hydroxylation is 2. The Bertz CT molecular complexity index is 823. The zero-order valence-corrected chi connectivity index (χ0v) is 13.6. The van der Waals surface area contributed by atoms with Crippen LogP contribution < -0.4 is 5.32 Å². The first kappa shape index (κ1) is 15.4. The number of aliphatic imine (C=N–C) groups is 1. The van der Waals surface area contributed by atoms with Crippen molar-refractivity contribution in [2.24, 2.45) is 4.99 Å². The van der Waals surface area contributed by atoms with Crippen LogP contribution in [0.25, 0.3) is 6.08 Å². The van der Waals surface area contributed by atoms with E-state index in [4.69, 9.17) is 0 Å². The molecule has 1 amide bonds. The molecule has 0 atom stereocenters. The van der Waals surface area contributed by atoms with Crippen molar-refractivity contribution in [1.82, 2.24) is 5.32 Å². The van der Waals surface area contributed by atoms with Crippen LogP contribution in [0.2, 0.25) is 0 Å². The molecule has 4 nitrogen and oxygen atoms in total. The van der Waals surface area contributed by atoms with Gasteiger partial charge in [0.25, 0.3) is 5.91 Å². The zero-order chi connectivity index (χ0) is 16.4. The van der Waals surface area contributed by atoms with Crippen molar-refractivity contribution in [3.63, 3.8) is 0 Å². The number of nitrogens with zero attached hydrogens (tertiary/aromatic N) is 1. The van der Waals surface area contributed by atoms with Gasteiger partial charge in [0.1, 0.15) is 5.75 Å². The fourth-order valence-electron chi connectivity index (χ4n) is 2.11. The summed E-state index contributed by atoms with van der Waals surface area (Å²) in [5, 5.41) is 12.6. The molecule has 116 valence electrons. The first-order valence-electron chi connectivity index (χ1n) is 7.17. The number of carbonyl (C=O) groups excluding carboxylic acids is 1. The van der Waals surface area contributed by atoms with Crippen molar-refractivity contribution in [2.45, 2.75) is 13.8 Å². The normalized spacial score (nSPS) is 17.7. The molecule has 23 heavy (non-hydrogen) atoms. The number of carbonyl (C=O) groups is 1. The molecule has 1 aliphatic heterocycles. The Morgan fingerprint density at radius 1 is 1.09 bits per heavy atom. The van der Waals surface area contributed by atoms with E-state index in [1.807, 2.05) is 25.1 Å². The van der Waals surface area contributed by atoms with Crippen LogP contribution in [0.3, 0.4) is 0 Å². The Kier molecular flexibility index (Phi) is 4.21. The third-order valence-electron chi connectivity index (χ3n) is 3.56. The predicted octanol–water partition coefficient (Wildman–Crippen LogP) is 3.90. The molecule has 0 aliphatic carbocycles. The number of aromatic hydroxyl groups is 1. The summed E-state index contributed by atoms with van der Waals surface area (Å²) in [6, 6.07) is 12.6. The van der Waals surface area contributed by atoms with E-state index >= 15 is 0 Å². The molecule has 3 rings (SSSR count). The highest BCUT2D eigenvalue weighted by Crippen LogP contribution is 2.28. The minimum Gasteiger partial charge on any atom is -0.508 e. The lowest BCUT2D eigenvalue weighted by Gasteiger charge is -2.01. The van der Waals surface area contributed by atoms with E-state index in [2.05, 4.69) is 17.2 Å². The van der Waals surface area contributed by atoms with Crippen molar-refractivity contribution >= 4 is 34.6 Å². The van der Waals surface area contributed by atoms with Gasteiger partial charge in [0.2, 0.25) is 0 Å². The van der Waals surface area contributed by atoms with Gasteiger partial charge in [-0.2, -0.15) is 0 Å². The average molecular weight is 324 g/mol. The molecule has 5 heteroatoms. The van der Waals surface area contributed by atoms with Crippen molar-refractivity contribution in [2.75, 3.05) is 0 Å². The predicted molar refractivity (Wildman–Crippen MR) is 94.8 cm³/mol. The van der Waals surface area contributed by atoms with E-state index in [0.717, 1.165) is 11.3 Å². The van der Waals surface area contributed by atoms with Crippen molar-refractivity contribution in [3.05, 3.63) is 64.1 Å². The highest BCUT2D eigenvalue weighted by Gasteiger charge is 2.23. The second kappa shape index (κ2) is 6.30. The molecule has 0 unspecified atom stereocenters. The number of thioether (sulfide) groups is 1. The molecular formula is C18H16N2O2S. The maximum absolute atomic E-state index is 12.0. The van der Waals surface area contributed by atoms with Crippen LogP contribution in [0.15, 0.2) is 52.4 Å². The number of benzene rings is 2. The summed E-state index contributed by atoms with van der Waals surface area (Å²) in [5.74, 6) is 0.0401. The number of rotatable bonds is 2. The maximum atomic E-state index is 12.0. The number of phenols is 1. The van der Waals surface area contributed by atoms with Gasteiger partial charge in [-0.1, -0.05) is 18.2 Å². The maximum Gasteiger partial charge on any atom is 0.264 e. The Labute approximate surface area is 139 Å². The minimum absolute atomic E-state index is 0.161. The Morgan fingerprint density at radius 2 is 1.83 bits per heavy atom. The van der Waals surface area contributed by atoms with Gasteiger partial charge in [0.05, 0.1) is 10.6 Å².